The van der Waals surface area contributed by atoms with Gasteiger partial charge in [-0.25, -0.2) is 0 Å². The number of piperidine rings is 1. The van der Waals surface area contributed by atoms with Crippen molar-refractivity contribution in [2.24, 2.45) is 5.73 Å². The van der Waals surface area contributed by atoms with Gasteiger partial charge >= 0.3 is 5.97 Å². The number of nitrogen functional groups attached to an aromatic ring is 1. The van der Waals surface area contributed by atoms with Crippen LogP contribution in [0.4, 0.5) is 5.69 Å². The van der Waals surface area contributed by atoms with Crippen LogP contribution in [0.1, 0.15) is 48.8 Å². The zero-order valence-corrected chi connectivity index (χ0v) is 21.2. The topological polar surface area (TPSA) is 144 Å². The summed E-state index contributed by atoms with van der Waals surface area (Å²) in [6.45, 7) is 3.61. The Kier molecular flexibility index (Phi) is 6.75. The second-order valence-corrected chi connectivity index (χ2v) is 10.00. The quantitative estimate of drug-likeness (QED) is 0.277. The van der Waals surface area contributed by atoms with Gasteiger partial charge < -0.3 is 25.4 Å². The highest BCUT2D eigenvalue weighted by molar-refractivity contribution is 6.06. The van der Waals surface area contributed by atoms with Crippen molar-refractivity contribution in [3.05, 3.63) is 71.3 Å². The third-order valence-corrected chi connectivity index (χ3v) is 7.38. The lowest BCUT2D eigenvalue weighted by molar-refractivity contribution is -0.139. The standard InChI is InChI=1S/C29H31N5O4/c1-17(30)33-10-8-22(9-11-33)38-23-6-7-26-24(14-23)25(15-27(35)36)29(37)34(26)16-18-2-3-19-4-5-20(28(31)32)13-21(19)12-18/h2-7,12-14,22,25,30H,8-11,15-16H2,1H3,(H3,31,32)(H,35,36). The number of fused-ring (bicyclic) bond motifs is 2. The minimum atomic E-state index is -1.03. The Bertz CT molecular complexity index is 1440. The van der Waals surface area contributed by atoms with Gasteiger partial charge in [-0.05, 0) is 59.2 Å². The van der Waals surface area contributed by atoms with E-state index < -0.39 is 11.9 Å². The number of amides is 1. The number of rotatable bonds is 7. The summed E-state index contributed by atoms with van der Waals surface area (Å²) in [7, 11) is 0. The van der Waals surface area contributed by atoms with E-state index in [0.717, 1.165) is 42.3 Å². The van der Waals surface area contributed by atoms with Crippen molar-refractivity contribution in [3.8, 4) is 5.75 Å². The average Bonchev–Trinajstić information content (AvgIpc) is 3.13. The lowest BCUT2D eigenvalue weighted by Crippen LogP contribution is -2.40. The summed E-state index contributed by atoms with van der Waals surface area (Å²) in [4.78, 5) is 28.8. The second kappa shape index (κ2) is 10.2. The Morgan fingerprint density at radius 2 is 1.79 bits per heavy atom. The predicted molar refractivity (Wildman–Crippen MR) is 146 cm³/mol. The third kappa shape index (κ3) is 5.04. The van der Waals surface area contributed by atoms with E-state index in [1.807, 2.05) is 53.4 Å². The molecule has 2 aliphatic heterocycles. The van der Waals surface area contributed by atoms with Crippen molar-refractivity contribution in [1.82, 2.24) is 4.90 Å². The minimum absolute atomic E-state index is 0.00674. The zero-order valence-electron chi connectivity index (χ0n) is 21.2. The molecule has 1 unspecified atom stereocenters. The van der Waals surface area contributed by atoms with Crippen LogP contribution in [0.2, 0.25) is 0 Å². The van der Waals surface area contributed by atoms with Crippen molar-refractivity contribution < 1.29 is 19.4 Å². The molecule has 38 heavy (non-hydrogen) atoms. The lowest BCUT2D eigenvalue weighted by atomic mass is 9.97. The Morgan fingerprint density at radius 1 is 1.05 bits per heavy atom. The number of amidine groups is 2. The summed E-state index contributed by atoms with van der Waals surface area (Å²) in [6, 6.07) is 17.0. The first-order valence-corrected chi connectivity index (χ1v) is 12.7. The van der Waals surface area contributed by atoms with Crippen LogP contribution in [0.3, 0.4) is 0 Å². The molecule has 0 aliphatic carbocycles. The summed E-state index contributed by atoms with van der Waals surface area (Å²) in [5.41, 5.74) is 8.54. The predicted octanol–water partition coefficient (Wildman–Crippen LogP) is 4.07. The first-order valence-electron chi connectivity index (χ1n) is 12.7. The molecular formula is C29H31N5O4. The fourth-order valence-corrected chi connectivity index (χ4v) is 5.35. The molecule has 3 aromatic rings. The van der Waals surface area contributed by atoms with Crippen molar-refractivity contribution in [2.75, 3.05) is 18.0 Å². The molecule has 5 rings (SSSR count). The van der Waals surface area contributed by atoms with Crippen LogP contribution < -0.4 is 15.4 Å². The van der Waals surface area contributed by atoms with Crippen LogP contribution in [0.15, 0.2) is 54.6 Å². The second-order valence-electron chi connectivity index (χ2n) is 10.00. The molecule has 5 N–H and O–H groups in total. The van der Waals surface area contributed by atoms with E-state index in [-0.39, 0.29) is 24.3 Å². The van der Waals surface area contributed by atoms with Gasteiger partial charge in [0.15, 0.2) is 0 Å². The van der Waals surface area contributed by atoms with Gasteiger partial charge in [-0.15, -0.1) is 0 Å². The molecule has 0 radical (unpaired) electrons. The molecule has 0 bridgehead atoms. The molecule has 9 nitrogen and oxygen atoms in total. The molecule has 2 aliphatic rings. The lowest BCUT2D eigenvalue weighted by Gasteiger charge is -2.33. The number of hydrogen-bond acceptors (Lipinski definition) is 5. The van der Waals surface area contributed by atoms with Crippen LogP contribution in [0.25, 0.3) is 10.8 Å². The van der Waals surface area contributed by atoms with Gasteiger partial charge in [-0.2, -0.15) is 0 Å². The van der Waals surface area contributed by atoms with Crippen LogP contribution in [0.5, 0.6) is 5.75 Å². The Hall–Kier alpha value is -4.40. The fraction of sp³-hybridized carbons (Fsp3) is 0.310. The van der Waals surface area contributed by atoms with Crippen LogP contribution >= 0.6 is 0 Å². The van der Waals surface area contributed by atoms with E-state index in [1.54, 1.807) is 17.9 Å². The van der Waals surface area contributed by atoms with E-state index in [4.69, 9.17) is 21.3 Å². The number of likely N-dealkylation sites (tertiary alicyclic amines) is 1. The number of carbonyl (C=O) groups excluding carboxylic acids is 1. The third-order valence-electron chi connectivity index (χ3n) is 7.38. The summed E-state index contributed by atoms with van der Waals surface area (Å²) in [6.07, 6.45) is 1.31. The summed E-state index contributed by atoms with van der Waals surface area (Å²) < 4.78 is 6.23. The number of ether oxygens (including phenoxy) is 1. The Balaban J connectivity index is 1.40. The number of benzene rings is 3. The number of nitrogens with two attached hydrogens (primary N) is 1. The number of carboxylic acid groups (broad SMARTS) is 1. The number of carbonyl (C=O) groups is 2. The average molecular weight is 514 g/mol. The van der Waals surface area contributed by atoms with Crippen LogP contribution in [-0.2, 0) is 16.1 Å². The smallest absolute Gasteiger partial charge is 0.304 e. The van der Waals surface area contributed by atoms with E-state index in [0.29, 0.717) is 34.9 Å². The molecule has 0 aromatic heterocycles. The first-order chi connectivity index (χ1) is 18.2. The van der Waals surface area contributed by atoms with Crippen molar-refractivity contribution in [1.29, 1.82) is 10.8 Å². The van der Waals surface area contributed by atoms with Gasteiger partial charge in [-0.3, -0.25) is 20.4 Å². The van der Waals surface area contributed by atoms with Crippen molar-refractivity contribution >= 4 is 40.0 Å². The number of nitrogens with one attached hydrogen (secondary N) is 2. The highest BCUT2D eigenvalue weighted by Crippen LogP contribution is 2.42. The molecule has 1 atom stereocenters. The molecular weight excluding hydrogens is 482 g/mol. The van der Waals surface area contributed by atoms with E-state index in [9.17, 15) is 14.7 Å². The Morgan fingerprint density at radius 3 is 2.47 bits per heavy atom. The fourth-order valence-electron chi connectivity index (χ4n) is 5.35. The molecule has 196 valence electrons. The SMILES string of the molecule is CC(=N)N1CCC(Oc2ccc3c(c2)C(CC(=O)O)C(=O)N3Cc2ccc3ccc(C(=N)N)cc3c2)CC1. The summed E-state index contributed by atoms with van der Waals surface area (Å²) >= 11 is 0. The van der Waals surface area contributed by atoms with Gasteiger partial charge in [-0.1, -0.05) is 24.3 Å². The molecule has 1 saturated heterocycles. The first kappa shape index (κ1) is 25.3. The molecule has 0 saturated carbocycles. The van der Waals surface area contributed by atoms with Crippen molar-refractivity contribution in [3.63, 3.8) is 0 Å². The number of nitrogens with zero attached hydrogens (tertiary/aromatic N) is 2. The molecule has 1 amide bonds. The van der Waals surface area contributed by atoms with E-state index >= 15 is 0 Å². The normalized spacial score (nSPS) is 17.5. The molecule has 9 heteroatoms. The number of anilines is 1. The molecule has 1 fully saturated rings. The highest BCUT2D eigenvalue weighted by atomic mass is 16.5. The van der Waals surface area contributed by atoms with Gasteiger partial charge in [0.25, 0.3) is 0 Å². The largest absolute Gasteiger partial charge is 0.490 e. The number of hydrogen-bond donors (Lipinski definition) is 4. The summed E-state index contributed by atoms with van der Waals surface area (Å²) in [5, 5.41) is 27.0. The number of carboxylic acids is 1. The molecule has 2 heterocycles. The van der Waals surface area contributed by atoms with Crippen molar-refractivity contribution in [2.45, 2.75) is 44.8 Å². The molecule has 0 spiro atoms. The van der Waals surface area contributed by atoms with Gasteiger partial charge in [0.1, 0.15) is 17.7 Å². The summed E-state index contributed by atoms with van der Waals surface area (Å²) in [5.74, 6) is -0.876. The van der Waals surface area contributed by atoms with E-state index in [1.165, 1.54) is 0 Å². The van der Waals surface area contributed by atoms with E-state index in [2.05, 4.69) is 0 Å². The monoisotopic (exact) mass is 513 g/mol. The van der Waals surface area contributed by atoms with Crippen LogP contribution in [0, 0.1) is 10.8 Å². The minimum Gasteiger partial charge on any atom is -0.490 e. The number of aliphatic carboxylic acids is 1. The van der Waals surface area contributed by atoms with Gasteiger partial charge in [0.2, 0.25) is 5.91 Å². The maximum Gasteiger partial charge on any atom is 0.304 e. The van der Waals surface area contributed by atoms with Crippen LogP contribution in [-0.4, -0.2) is 52.7 Å². The van der Waals surface area contributed by atoms with Gasteiger partial charge in [0, 0.05) is 37.2 Å². The van der Waals surface area contributed by atoms with Gasteiger partial charge in [0.05, 0.1) is 24.7 Å². The highest BCUT2D eigenvalue weighted by Gasteiger charge is 2.39. The maximum atomic E-state index is 13.5. The Labute approximate surface area is 220 Å². The zero-order chi connectivity index (χ0) is 27.0. The maximum absolute atomic E-state index is 13.5. The molecule has 3 aromatic carbocycles.